The summed E-state index contributed by atoms with van der Waals surface area (Å²) in [6.07, 6.45) is 10.3. The van der Waals surface area contributed by atoms with Crippen LogP contribution in [-0.4, -0.2) is 45.7 Å². The topological polar surface area (TPSA) is 86.7 Å². The number of aliphatic carboxylic acids is 1. The predicted octanol–water partition coefficient (Wildman–Crippen LogP) is 4.84. The standard InChI is InChI=1S/C23H30N2O4S2/c1-25-22(29)19(31-23(25)30)16-17-11-13-18(14-12-17)21(28)24-15-9-7-5-3-2-4-6-8-10-20(26)27/h11-14,16H,2-10,15H2,1H3,(H,24,28)(H,26,27)/b19-16+. The molecule has 0 spiro atoms. The van der Waals surface area contributed by atoms with E-state index in [1.165, 1.54) is 16.7 Å². The van der Waals surface area contributed by atoms with E-state index < -0.39 is 5.97 Å². The summed E-state index contributed by atoms with van der Waals surface area (Å²) in [7, 11) is 1.66. The van der Waals surface area contributed by atoms with Gasteiger partial charge in [0.05, 0.1) is 4.91 Å². The molecule has 1 aromatic carbocycles. The molecule has 1 aromatic rings. The van der Waals surface area contributed by atoms with Crippen LogP contribution in [0.3, 0.4) is 0 Å². The Morgan fingerprint density at radius 1 is 1.03 bits per heavy atom. The molecular weight excluding hydrogens is 432 g/mol. The van der Waals surface area contributed by atoms with Gasteiger partial charge in [-0.25, -0.2) is 0 Å². The van der Waals surface area contributed by atoms with Crippen molar-refractivity contribution in [2.24, 2.45) is 0 Å². The Bertz CT molecular complexity index is 821. The molecule has 2 amide bonds. The van der Waals surface area contributed by atoms with Crippen LogP contribution in [0.4, 0.5) is 0 Å². The third-order valence-electron chi connectivity index (χ3n) is 5.06. The summed E-state index contributed by atoms with van der Waals surface area (Å²) in [5, 5.41) is 11.5. The molecule has 1 aliphatic heterocycles. The third kappa shape index (κ3) is 8.83. The first-order valence-electron chi connectivity index (χ1n) is 10.7. The van der Waals surface area contributed by atoms with Crippen molar-refractivity contribution in [1.82, 2.24) is 10.2 Å². The van der Waals surface area contributed by atoms with Gasteiger partial charge in [-0.15, -0.1) is 0 Å². The molecule has 0 aromatic heterocycles. The summed E-state index contributed by atoms with van der Waals surface area (Å²) in [6.45, 7) is 0.651. The number of thioether (sulfide) groups is 1. The minimum absolute atomic E-state index is 0.0927. The Balaban J connectivity index is 1.60. The van der Waals surface area contributed by atoms with E-state index in [0.717, 1.165) is 56.9 Å². The summed E-state index contributed by atoms with van der Waals surface area (Å²) in [4.78, 5) is 36.8. The highest BCUT2D eigenvalue weighted by atomic mass is 32.2. The third-order valence-corrected chi connectivity index (χ3v) is 6.54. The predicted molar refractivity (Wildman–Crippen MR) is 129 cm³/mol. The minimum Gasteiger partial charge on any atom is -0.481 e. The van der Waals surface area contributed by atoms with E-state index in [0.29, 0.717) is 21.3 Å². The Labute approximate surface area is 193 Å². The molecule has 2 rings (SSSR count). The molecule has 8 heteroatoms. The van der Waals surface area contributed by atoms with Gasteiger partial charge in [0, 0.05) is 25.6 Å². The van der Waals surface area contributed by atoms with Crippen molar-refractivity contribution in [3.05, 3.63) is 40.3 Å². The van der Waals surface area contributed by atoms with Crippen molar-refractivity contribution in [3.63, 3.8) is 0 Å². The second kappa shape index (κ2) is 13.3. The largest absolute Gasteiger partial charge is 0.481 e. The van der Waals surface area contributed by atoms with Crippen LogP contribution in [-0.2, 0) is 9.59 Å². The Kier molecular flexibility index (Phi) is 10.7. The van der Waals surface area contributed by atoms with Gasteiger partial charge in [-0.2, -0.15) is 0 Å². The normalized spacial score (nSPS) is 15.0. The monoisotopic (exact) mass is 462 g/mol. The Morgan fingerprint density at radius 2 is 1.61 bits per heavy atom. The smallest absolute Gasteiger partial charge is 0.303 e. The molecule has 0 aliphatic carbocycles. The van der Waals surface area contributed by atoms with E-state index in [1.54, 1.807) is 25.3 Å². The number of carboxylic acid groups (broad SMARTS) is 1. The van der Waals surface area contributed by atoms with Crippen molar-refractivity contribution >= 4 is 52.2 Å². The van der Waals surface area contributed by atoms with Gasteiger partial charge < -0.3 is 10.4 Å². The number of nitrogens with zero attached hydrogens (tertiary/aromatic N) is 1. The summed E-state index contributed by atoms with van der Waals surface area (Å²) in [6, 6.07) is 7.18. The minimum atomic E-state index is -0.715. The lowest BCUT2D eigenvalue weighted by Crippen LogP contribution is -2.24. The number of benzene rings is 1. The average Bonchev–Trinajstić information content (AvgIpc) is 2.98. The molecule has 0 bridgehead atoms. The number of unbranched alkanes of at least 4 members (excludes halogenated alkanes) is 7. The van der Waals surface area contributed by atoms with Gasteiger partial charge >= 0.3 is 5.97 Å². The number of rotatable bonds is 13. The van der Waals surface area contributed by atoms with E-state index in [2.05, 4.69) is 5.32 Å². The van der Waals surface area contributed by atoms with Crippen LogP contribution in [0.1, 0.15) is 73.7 Å². The van der Waals surface area contributed by atoms with Crippen molar-refractivity contribution in [3.8, 4) is 0 Å². The molecule has 6 nitrogen and oxygen atoms in total. The number of carboxylic acids is 1. The van der Waals surface area contributed by atoms with Crippen molar-refractivity contribution in [2.45, 2.75) is 57.8 Å². The van der Waals surface area contributed by atoms with Crippen molar-refractivity contribution in [1.29, 1.82) is 0 Å². The molecule has 0 unspecified atom stereocenters. The number of thiocarbonyl (C=S) groups is 1. The zero-order valence-electron chi connectivity index (χ0n) is 17.9. The van der Waals surface area contributed by atoms with Gasteiger partial charge in [0.25, 0.3) is 11.8 Å². The van der Waals surface area contributed by atoms with Gasteiger partial charge in [-0.1, -0.05) is 74.6 Å². The molecule has 0 saturated carbocycles. The second-order valence-corrected chi connectivity index (χ2v) is 9.27. The van der Waals surface area contributed by atoms with Gasteiger partial charge in [-0.3, -0.25) is 19.3 Å². The molecule has 1 fully saturated rings. The maximum atomic E-state index is 12.3. The highest BCUT2D eigenvalue weighted by molar-refractivity contribution is 8.26. The van der Waals surface area contributed by atoms with E-state index in [1.807, 2.05) is 12.1 Å². The van der Waals surface area contributed by atoms with Crippen molar-refractivity contribution < 1.29 is 19.5 Å². The van der Waals surface area contributed by atoms with Crippen LogP contribution in [0.15, 0.2) is 29.2 Å². The maximum absolute atomic E-state index is 12.3. The Hall–Kier alpha value is -2.19. The molecule has 1 saturated heterocycles. The van der Waals surface area contributed by atoms with Gasteiger partial charge in [-0.05, 0) is 36.6 Å². The highest BCUT2D eigenvalue weighted by Gasteiger charge is 2.28. The van der Waals surface area contributed by atoms with Crippen LogP contribution in [0.25, 0.3) is 6.08 Å². The van der Waals surface area contributed by atoms with Crippen LogP contribution >= 0.6 is 24.0 Å². The van der Waals surface area contributed by atoms with E-state index in [4.69, 9.17) is 17.3 Å². The second-order valence-electron chi connectivity index (χ2n) is 7.59. The first-order chi connectivity index (χ1) is 14.9. The highest BCUT2D eigenvalue weighted by Crippen LogP contribution is 2.31. The lowest BCUT2D eigenvalue weighted by Gasteiger charge is -2.06. The fourth-order valence-electron chi connectivity index (χ4n) is 3.19. The number of carbonyl (C=O) groups is 3. The number of carbonyl (C=O) groups excluding carboxylic acids is 2. The first-order valence-corrected chi connectivity index (χ1v) is 11.9. The van der Waals surface area contributed by atoms with Crippen LogP contribution in [0.5, 0.6) is 0 Å². The molecule has 168 valence electrons. The average molecular weight is 463 g/mol. The molecule has 1 aliphatic rings. The number of hydrogen-bond donors (Lipinski definition) is 2. The lowest BCUT2D eigenvalue weighted by molar-refractivity contribution is -0.137. The Morgan fingerprint density at radius 3 is 2.16 bits per heavy atom. The summed E-state index contributed by atoms with van der Waals surface area (Å²) in [5.41, 5.74) is 1.45. The van der Waals surface area contributed by atoms with Gasteiger partial charge in [0.15, 0.2) is 0 Å². The zero-order chi connectivity index (χ0) is 22.6. The maximum Gasteiger partial charge on any atom is 0.303 e. The van der Waals surface area contributed by atoms with Crippen molar-refractivity contribution in [2.75, 3.05) is 13.6 Å². The fraction of sp³-hybridized carbons (Fsp3) is 0.478. The van der Waals surface area contributed by atoms with Crippen LogP contribution < -0.4 is 5.32 Å². The molecule has 2 N–H and O–H groups in total. The summed E-state index contributed by atoms with van der Waals surface area (Å²) >= 11 is 6.41. The summed E-state index contributed by atoms with van der Waals surface area (Å²) < 4.78 is 0.544. The molecule has 0 atom stereocenters. The fourth-order valence-corrected chi connectivity index (χ4v) is 4.37. The van der Waals surface area contributed by atoms with E-state index in [9.17, 15) is 14.4 Å². The van der Waals surface area contributed by atoms with Crippen LogP contribution in [0, 0.1) is 0 Å². The molecule has 1 heterocycles. The van der Waals surface area contributed by atoms with Crippen LogP contribution in [0.2, 0.25) is 0 Å². The number of hydrogen-bond acceptors (Lipinski definition) is 5. The molecule has 0 radical (unpaired) electrons. The lowest BCUT2D eigenvalue weighted by atomic mass is 10.1. The van der Waals surface area contributed by atoms with E-state index in [-0.39, 0.29) is 18.2 Å². The number of nitrogens with one attached hydrogen (secondary N) is 1. The summed E-state index contributed by atoms with van der Waals surface area (Å²) in [5.74, 6) is -0.909. The number of likely N-dealkylation sites (N-methyl/N-ethyl adjacent to an activating group) is 1. The molecular formula is C23H30N2O4S2. The number of amides is 2. The quantitative estimate of drug-likeness (QED) is 0.248. The SMILES string of the molecule is CN1C(=O)/C(=C\c2ccc(C(=O)NCCCCCCCCCCC(=O)O)cc2)SC1=S. The molecule has 31 heavy (non-hydrogen) atoms. The van der Waals surface area contributed by atoms with Gasteiger partial charge in [0.1, 0.15) is 4.32 Å². The first kappa shape index (κ1) is 25.1. The zero-order valence-corrected chi connectivity index (χ0v) is 19.5. The van der Waals surface area contributed by atoms with Gasteiger partial charge in [0.2, 0.25) is 0 Å². The van der Waals surface area contributed by atoms with E-state index >= 15 is 0 Å².